The van der Waals surface area contributed by atoms with Crippen molar-refractivity contribution < 1.29 is 0 Å². The Morgan fingerprint density at radius 2 is 0.933 bits per heavy atom. The summed E-state index contributed by atoms with van der Waals surface area (Å²) < 4.78 is 2.71. The summed E-state index contributed by atoms with van der Waals surface area (Å²) in [6.07, 6.45) is 3.00. The Hall–Kier alpha value is -8.36. The number of rotatable bonds is 11. The van der Waals surface area contributed by atoms with Gasteiger partial charge in [-0.2, -0.15) is 0 Å². The molecule has 1 aromatic heterocycles. The predicted molar refractivity (Wildman–Crippen MR) is 318 cm³/mol. The molecule has 0 aliphatic heterocycles. The van der Waals surface area contributed by atoms with E-state index in [2.05, 4.69) is 275 Å². The van der Waals surface area contributed by atoms with Crippen LogP contribution >= 0.6 is 11.3 Å². The maximum Gasteiger partial charge on any atom is 0.0713 e. The first-order valence-corrected chi connectivity index (χ1v) is 27.5. The molecule has 2 aliphatic carbocycles. The van der Waals surface area contributed by atoms with E-state index in [1.54, 1.807) is 0 Å². The van der Waals surface area contributed by atoms with E-state index in [9.17, 15) is 0 Å². The zero-order chi connectivity index (χ0) is 50.1. The van der Waals surface area contributed by atoms with E-state index < -0.39 is 5.41 Å². The van der Waals surface area contributed by atoms with Crippen molar-refractivity contribution in [2.75, 3.05) is 0 Å². The third kappa shape index (κ3) is 7.47. The number of aryl methyl sites for hydroxylation is 1. The molecule has 0 spiro atoms. The smallest absolute Gasteiger partial charge is 0.0713 e. The van der Waals surface area contributed by atoms with Gasteiger partial charge in [0.15, 0.2) is 0 Å². The highest BCUT2D eigenvalue weighted by Crippen LogP contribution is 2.57. The lowest BCUT2D eigenvalue weighted by atomic mass is 9.67. The normalized spacial score (nSPS) is 14.1. The number of hydrogen-bond acceptors (Lipinski definition) is 1. The molecule has 2 aliphatic rings. The molecule has 0 saturated carbocycles. The maximum atomic E-state index is 2.43. The largest absolute Gasteiger partial charge is 0.135 e. The van der Waals surface area contributed by atoms with Crippen molar-refractivity contribution in [2.45, 2.75) is 49.9 Å². The van der Waals surface area contributed by atoms with Crippen LogP contribution in [0.3, 0.4) is 0 Å². The van der Waals surface area contributed by atoms with Crippen molar-refractivity contribution in [1.82, 2.24) is 0 Å². The van der Waals surface area contributed by atoms with Crippen LogP contribution in [-0.4, -0.2) is 0 Å². The molecule has 1 heterocycles. The van der Waals surface area contributed by atoms with Crippen molar-refractivity contribution in [3.8, 4) is 55.6 Å². The second-order valence-electron chi connectivity index (χ2n) is 21.4. The fourth-order valence-electron chi connectivity index (χ4n) is 13.3. The minimum Gasteiger partial charge on any atom is -0.135 e. The molecule has 11 aromatic carbocycles. The SMILES string of the molecule is CC1(C)c2ccccc2-c2c(C(CCc3cccc(-c4ccc(-c5ccc6c(c5)-c5ccccc5C6(c5ccccc5)c5ccccc5)cc4)c3)Cc3ccc(-c4cccc5c4sc4ccccc45)cc3)cccc21. The molecule has 1 unspecified atom stereocenters. The Bertz CT molecular complexity index is 4060. The zero-order valence-electron chi connectivity index (χ0n) is 42.4. The molecule has 0 fully saturated rings. The summed E-state index contributed by atoms with van der Waals surface area (Å²) >= 11 is 1.90. The first-order chi connectivity index (χ1) is 36.9. The van der Waals surface area contributed by atoms with Gasteiger partial charge in [-0.3, -0.25) is 0 Å². The molecule has 0 radical (unpaired) electrons. The average Bonchev–Trinajstić information content (AvgIpc) is 4.14. The second-order valence-corrected chi connectivity index (χ2v) is 22.5. The zero-order valence-corrected chi connectivity index (χ0v) is 43.2. The Morgan fingerprint density at radius 3 is 1.69 bits per heavy atom. The van der Waals surface area contributed by atoms with Crippen LogP contribution < -0.4 is 0 Å². The monoisotopic (exact) mass is 976 g/mol. The van der Waals surface area contributed by atoms with Gasteiger partial charge in [0.25, 0.3) is 0 Å². The molecule has 358 valence electrons. The van der Waals surface area contributed by atoms with E-state index in [1.807, 2.05) is 11.3 Å². The van der Waals surface area contributed by atoms with Crippen LogP contribution in [0.2, 0.25) is 0 Å². The van der Waals surface area contributed by atoms with Crippen LogP contribution in [0.1, 0.15) is 76.3 Å². The van der Waals surface area contributed by atoms with Crippen LogP contribution in [0.25, 0.3) is 75.8 Å². The van der Waals surface area contributed by atoms with E-state index in [0.717, 1.165) is 19.3 Å². The lowest BCUT2D eigenvalue weighted by Crippen LogP contribution is -2.28. The number of fused-ring (bicyclic) bond motifs is 9. The Morgan fingerprint density at radius 1 is 0.373 bits per heavy atom. The first kappa shape index (κ1) is 45.3. The predicted octanol–water partition coefficient (Wildman–Crippen LogP) is 19.7. The van der Waals surface area contributed by atoms with Gasteiger partial charge < -0.3 is 0 Å². The molecule has 1 heteroatoms. The van der Waals surface area contributed by atoms with Crippen LogP contribution in [0, 0.1) is 0 Å². The van der Waals surface area contributed by atoms with Gasteiger partial charge in [-0.25, -0.2) is 0 Å². The van der Waals surface area contributed by atoms with E-state index >= 15 is 0 Å². The maximum absolute atomic E-state index is 2.43. The third-order valence-corrected chi connectivity index (χ3v) is 18.2. The molecule has 1 atom stereocenters. The van der Waals surface area contributed by atoms with Gasteiger partial charge in [0, 0.05) is 25.6 Å². The van der Waals surface area contributed by atoms with Crippen LogP contribution in [0.4, 0.5) is 0 Å². The lowest BCUT2D eigenvalue weighted by molar-refractivity contribution is 0.619. The van der Waals surface area contributed by atoms with Gasteiger partial charge in [0.2, 0.25) is 0 Å². The Labute approximate surface area is 445 Å². The summed E-state index contributed by atoms with van der Waals surface area (Å²) in [5.74, 6) is 0.326. The number of hydrogen-bond donors (Lipinski definition) is 0. The van der Waals surface area contributed by atoms with E-state index in [1.165, 1.54) is 126 Å². The molecular formula is C74H56S. The minimum atomic E-state index is -0.395. The fraction of sp³-hybridized carbons (Fsp3) is 0.108. The Kier molecular flexibility index (Phi) is 11.0. The molecule has 0 bridgehead atoms. The molecular weight excluding hydrogens is 921 g/mol. The highest BCUT2D eigenvalue weighted by Gasteiger charge is 2.46. The van der Waals surface area contributed by atoms with Crippen LogP contribution in [0.5, 0.6) is 0 Å². The minimum absolute atomic E-state index is 0.0474. The molecule has 0 amide bonds. The number of benzene rings is 11. The summed E-state index contributed by atoms with van der Waals surface area (Å²) in [6, 6.07) is 98.2. The van der Waals surface area contributed by atoms with E-state index in [-0.39, 0.29) is 5.41 Å². The van der Waals surface area contributed by atoms with Gasteiger partial charge in [-0.15, -0.1) is 11.3 Å². The summed E-state index contributed by atoms with van der Waals surface area (Å²) in [7, 11) is 0. The summed E-state index contributed by atoms with van der Waals surface area (Å²) in [6.45, 7) is 4.80. The first-order valence-electron chi connectivity index (χ1n) is 26.7. The highest BCUT2D eigenvalue weighted by molar-refractivity contribution is 7.26. The van der Waals surface area contributed by atoms with Gasteiger partial charge in [0.1, 0.15) is 0 Å². The van der Waals surface area contributed by atoms with E-state index in [0.29, 0.717) is 5.92 Å². The van der Waals surface area contributed by atoms with Gasteiger partial charge in [-0.05, 0) is 143 Å². The van der Waals surface area contributed by atoms with Crippen molar-refractivity contribution >= 4 is 31.5 Å². The molecule has 0 saturated heterocycles. The molecule has 12 aromatic rings. The van der Waals surface area contributed by atoms with Gasteiger partial charge in [0.05, 0.1) is 5.41 Å². The molecule has 14 rings (SSSR count). The van der Waals surface area contributed by atoms with Crippen LogP contribution in [-0.2, 0) is 23.7 Å². The summed E-state index contributed by atoms with van der Waals surface area (Å²) in [5, 5.41) is 2.69. The lowest BCUT2D eigenvalue weighted by Gasteiger charge is -2.33. The summed E-state index contributed by atoms with van der Waals surface area (Å²) in [4.78, 5) is 0. The average molecular weight is 977 g/mol. The molecule has 0 nitrogen and oxygen atoms in total. The van der Waals surface area contributed by atoms with Crippen molar-refractivity contribution in [1.29, 1.82) is 0 Å². The van der Waals surface area contributed by atoms with Crippen molar-refractivity contribution in [2.24, 2.45) is 0 Å². The number of thiophene rings is 1. The van der Waals surface area contributed by atoms with Crippen LogP contribution in [0.15, 0.2) is 261 Å². The topological polar surface area (TPSA) is 0 Å². The third-order valence-electron chi connectivity index (χ3n) is 16.9. The highest BCUT2D eigenvalue weighted by atomic mass is 32.1. The van der Waals surface area contributed by atoms with Gasteiger partial charge in [-0.1, -0.05) is 263 Å². The molecule has 0 N–H and O–H groups in total. The fourth-order valence-corrected chi connectivity index (χ4v) is 14.5. The van der Waals surface area contributed by atoms with Crippen molar-refractivity contribution in [3.63, 3.8) is 0 Å². The molecule has 75 heavy (non-hydrogen) atoms. The van der Waals surface area contributed by atoms with Gasteiger partial charge >= 0.3 is 0 Å². The summed E-state index contributed by atoms with van der Waals surface area (Å²) in [5.41, 5.74) is 24.9. The second kappa shape index (κ2) is 18.2. The quantitative estimate of drug-likeness (QED) is 0.121. The standard InChI is InChI=1S/C74H56S/c1-73(2)66-30-12-10-26-64(66)71-59(27-17-32-69(71)73)56(47-50-34-37-53(38-35-50)60-28-16-29-63-62-25-11-14-33-70(62)75-72(60)63)39-36-49-18-15-19-54(46-49)51-40-42-52(43-41-51)55-44-45-68-65(48-55)61-24-9-13-31-67(61)74(68,57-20-5-3-6-21-57)58-22-7-4-8-23-58/h3-35,37-38,40-46,48,56H,36,39,47H2,1-2H3. The van der Waals surface area contributed by atoms with Crippen molar-refractivity contribution in [3.05, 3.63) is 311 Å². The van der Waals surface area contributed by atoms with E-state index in [4.69, 9.17) is 0 Å². The Balaban J connectivity index is 0.764.